The van der Waals surface area contributed by atoms with Crippen LogP contribution in [0.15, 0.2) is 56.5 Å². The van der Waals surface area contributed by atoms with Gasteiger partial charge in [0, 0.05) is 5.69 Å². The highest BCUT2D eigenvalue weighted by Crippen LogP contribution is 2.23. The second-order valence-electron chi connectivity index (χ2n) is 4.33. The number of rotatable bonds is 4. The Hall–Kier alpha value is -1.74. The Morgan fingerprint density at radius 3 is 2.48 bits per heavy atom. The minimum Gasteiger partial charge on any atom is -0.297 e. The van der Waals surface area contributed by atoms with Crippen molar-refractivity contribution in [3.63, 3.8) is 0 Å². The van der Waals surface area contributed by atoms with Crippen LogP contribution in [-0.2, 0) is 10.0 Å². The fourth-order valence-electron chi connectivity index (χ4n) is 1.87. The van der Waals surface area contributed by atoms with Gasteiger partial charge >= 0.3 is 0 Å². The van der Waals surface area contributed by atoms with Gasteiger partial charge in [0.1, 0.15) is 14.2 Å². The summed E-state index contributed by atoms with van der Waals surface area (Å²) in [7, 11) is -3.85. The Kier molecular flexibility index (Phi) is 4.49. The molecule has 0 aliphatic carbocycles. The van der Waals surface area contributed by atoms with Crippen molar-refractivity contribution in [2.75, 3.05) is 0 Å². The molecular weight excluding hydrogens is 376 g/mol. The lowest BCUT2D eigenvalue weighted by molar-refractivity contribution is 0.112. The van der Waals surface area contributed by atoms with Crippen molar-refractivity contribution >= 4 is 50.6 Å². The zero-order chi connectivity index (χ0) is 16.4. The average molecular weight is 385 g/mol. The molecule has 2 heterocycles. The fourth-order valence-corrected chi connectivity index (χ4v) is 5.25. The lowest BCUT2D eigenvalue weighted by Gasteiger charge is -2.04. The number of hydrogen-bond donors (Lipinski definition) is 0. The van der Waals surface area contributed by atoms with Crippen LogP contribution in [0.3, 0.4) is 0 Å². The lowest BCUT2D eigenvalue weighted by Crippen LogP contribution is -2.15. The predicted octanol–water partition coefficient (Wildman–Crippen LogP) is 3.36. The molecule has 23 heavy (non-hydrogen) atoms. The van der Waals surface area contributed by atoms with Gasteiger partial charge in [0.05, 0.1) is 0 Å². The first-order valence-corrected chi connectivity index (χ1v) is 9.81. The first-order chi connectivity index (χ1) is 11.0. The van der Waals surface area contributed by atoms with Gasteiger partial charge in [0.15, 0.2) is 6.29 Å². The van der Waals surface area contributed by atoms with Gasteiger partial charge in [0.2, 0.25) is 4.80 Å². The molecule has 5 nitrogen and oxygen atoms in total. The molecular formula is C14H9ClN2O3S3. The largest absolute Gasteiger partial charge is 0.297 e. The monoisotopic (exact) mass is 384 g/mol. The van der Waals surface area contributed by atoms with Crippen LogP contribution in [0.1, 0.15) is 9.67 Å². The molecule has 0 atom stereocenters. The molecule has 0 N–H and O–H groups in total. The lowest BCUT2D eigenvalue weighted by atomic mass is 10.3. The molecule has 0 spiro atoms. The molecule has 0 saturated carbocycles. The Morgan fingerprint density at radius 2 is 1.87 bits per heavy atom. The van der Waals surface area contributed by atoms with E-state index in [0.29, 0.717) is 12.0 Å². The number of sulfonamides is 1. The van der Waals surface area contributed by atoms with Crippen LogP contribution >= 0.6 is 34.3 Å². The molecule has 0 bridgehead atoms. The van der Waals surface area contributed by atoms with Gasteiger partial charge in [-0.2, -0.15) is 8.42 Å². The third-order valence-electron chi connectivity index (χ3n) is 2.86. The smallest absolute Gasteiger partial charge is 0.294 e. The number of thiazole rings is 1. The molecule has 0 aliphatic heterocycles. The van der Waals surface area contributed by atoms with Crippen LogP contribution in [0.2, 0.25) is 5.15 Å². The SMILES string of the molecule is O=Cc1s/c(=N/S(=O)(=O)c2cccs2)n(-c2ccccc2)c1Cl. The average Bonchev–Trinajstić information content (AvgIpc) is 3.17. The number of carbonyl (C=O) groups excluding carboxylic acids is 1. The fraction of sp³-hybridized carbons (Fsp3) is 0. The van der Waals surface area contributed by atoms with Crippen molar-refractivity contribution < 1.29 is 13.2 Å². The molecule has 0 aliphatic rings. The van der Waals surface area contributed by atoms with Crippen LogP contribution < -0.4 is 4.80 Å². The van der Waals surface area contributed by atoms with Crippen LogP contribution in [0.4, 0.5) is 0 Å². The summed E-state index contributed by atoms with van der Waals surface area (Å²) < 4.78 is 30.2. The zero-order valence-corrected chi connectivity index (χ0v) is 14.6. The van der Waals surface area contributed by atoms with E-state index in [2.05, 4.69) is 4.40 Å². The molecule has 118 valence electrons. The predicted molar refractivity (Wildman–Crippen MR) is 91.1 cm³/mol. The number of carbonyl (C=O) groups is 1. The molecule has 0 amide bonds. The molecule has 9 heteroatoms. The summed E-state index contributed by atoms with van der Waals surface area (Å²) >= 11 is 8.21. The molecule has 0 fully saturated rings. The van der Waals surface area contributed by atoms with Gasteiger partial charge in [-0.3, -0.25) is 9.36 Å². The Morgan fingerprint density at radius 1 is 1.13 bits per heavy atom. The maximum Gasteiger partial charge on any atom is 0.294 e. The van der Waals surface area contributed by atoms with Crippen molar-refractivity contribution in [1.29, 1.82) is 0 Å². The van der Waals surface area contributed by atoms with Crippen molar-refractivity contribution in [2.24, 2.45) is 4.40 Å². The highest BCUT2D eigenvalue weighted by Gasteiger charge is 2.18. The number of aldehydes is 1. The highest BCUT2D eigenvalue weighted by molar-refractivity contribution is 7.92. The molecule has 0 unspecified atom stereocenters. The number of hydrogen-bond acceptors (Lipinski definition) is 5. The van der Waals surface area contributed by atoms with E-state index in [1.54, 1.807) is 35.7 Å². The first kappa shape index (κ1) is 16.1. The summed E-state index contributed by atoms with van der Waals surface area (Å²) in [6.07, 6.45) is 0.587. The third-order valence-corrected chi connectivity index (χ3v) is 7.07. The van der Waals surface area contributed by atoms with E-state index in [-0.39, 0.29) is 19.0 Å². The number of nitrogens with zero attached hydrogens (tertiary/aromatic N) is 2. The zero-order valence-electron chi connectivity index (χ0n) is 11.4. The van der Waals surface area contributed by atoms with E-state index in [1.165, 1.54) is 10.6 Å². The first-order valence-electron chi connectivity index (χ1n) is 6.29. The highest BCUT2D eigenvalue weighted by atomic mass is 35.5. The third kappa shape index (κ3) is 3.16. The summed E-state index contributed by atoms with van der Waals surface area (Å²) in [5.74, 6) is 0. The molecule has 3 aromatic rings. The molecule has 3 rings (SSSR count). The topological polar surface area (TPSA) is 68.5 Å². The van der Waals surface area contributed by atoms with E-state index >= 15 is 0 Å². The van der Waals surface area contributed by atoms with Crippen LogP contribution in [-0.4, -0.2) is 19.3 Å². The maximum absolute atomic E-state index is 12.4. The van der Waals surface area contributed by atoms with E-state index in [9.17, 15) is 13.2 Å². The summed E-state index contributed by atoms with van der Waals surface area (Å²) in [4.78, 5) is 11.5. The number of benzene rings is 1. The van der Waals surface area contributed by atoms with Crippen molar-refractivity contribution in [3.05, 3.63) is 62.7 Å². The summed E-state index contributed by atoms with van der Waals surface area (Å²) in [6.45, 7) is 0. The quantitative estimate of drug-likeness (QED) is 0.647. The van der Waals surface area contributed by atoms with E-state index < -0.39 is 10.0 Å². The van der Waals surface area contributed by atoms with Gasteiger partial charge < -0.3 is 0 Å². The van der Waals surface area contributed by atoms with Gasteiger partial charge in [-0.05, 0) is 23.6 Å². The second-order valence-corrected chi connectivity index (χ2v) is 8.47. The minimum atomic E-state index is -3.85. The van der Waals surface area contributed by atoms with Gasteiger partial charge in [0.25, 0.3) is 10.0 Å². The number of thiophene rings is 1. The van der Waals surface area contributed by atoms with Gasteiger partial charge in [-0.15, -0.1) is 15.7 Å². The number of para-hydroxylation sites is 1. The van der Waals surface area contributed by atoms with Gasteiger partial charge in [-0.1, -0.05) is 47.2 Å². The van der Waals surface area contributed by atoms with Crippen molar-refractivity contribution in [3.8, 4) is 5.69 Å². The second kappa shape index (κ2) is 6.40. The minimum absolute atomic E-state index is 0.122. The summed E-state index contributed by atoms with van der Waals surface area (Å²) in [6, 6.07) is 12.0. The molecule has 1 aromatic carbocycles. The number of aromatic nitrogens is 1. The normalized spacial score (nSPS) is 12.5. The molecule has 0 saturated heterocycles. The Bertz CT molecular complexity index is 1000. The van der Waals surface area contributed by atoms with E-state index in [4.69, 9.17) is 11.6 Å². The summed E-state index contributed by atoms with van der Waals surface area (Å²) in [5, 5.41) is 1.79. The number of halogens is 1. The standard InChI is InChI=1S/C14H9ClN2O3S3/c15-13-11(9-18)22-14(17(13)10-5-2-1-3-6-10)16-23(19,20)12-7-4-8-21-12/h1-9H/b16-14+. The van der Waals surface area contributed by atoms with Crippen LogP contribution in [0, 0.1) is 0 Å². The Balaban J connectivity index is 2.28. The van der Waals surface area contributed by atoms with Crippen LogP contribution in [0.25, 0.3) is 5.69 Å². The van der Waals surface area contributed by atoms with Crippen molar-refractivity contribution in [1.82, 2.24) is 4.57 Å². The Labute approximate surface area is 145 Å². The van der Waals surface area contributed by atoms with Crippen LogP contribution in [0.5, 0.6) is 0 Å². The van der Waals surface area contributed by atoms with Crippen molar-refractivity contribution in [2.45, 2.75) is 4.21 Å². The maximum atomic E-state index is 12.4. The van der Waals surface area contributed by atoms with E-state index in [0.717, 1.165) is 22.7 Å². The molecule has 0 radical (unpaired) electrons. The summed E-state index contributed by atoms with van der Waals surface area (Å²) in [5.41, 5.74) is 0.627. The van der Waals surface area contributed by atoms with Gasteiger partial charge in [-0.25, -0.2) is 0 Å². The van der Waals surface area contributed by atoms with E-state index in [1.807, 2.05) is 6.07 Å². The molecule has 2 aromatic heterocycles.